The summed E-state index contributed by atoms with van der Waals surface area (Å²) in [6.07, 6.45) is 15.5. The zero-order valence-corrected chi connectivity index (χ0v) is 17.1. The van der Waals surface area contributed by atoms with Crippen LogP contribution in [0.2, 0.25) is 0 Å². The monoisotopic (exact) mass is 367 g/mol. The molecule has 0 saturated heterocycles. The Morgan fingerprint density at radius 3 is 2.65 bits per heavy atom. The molecule has 1 fully saturated rings. The summed E-state index contributed by atoms with van der Waals surface area (Å²) in [6.45, 7) is 2.32. The van der Waals surface area contributed by atoms with E-state index in [4.69, 9.17) is 4.98 Å². The van der Waals surface area contributed by atoms with Gasteiger partial charge in [-0.2, -0.15) is 0 Å². The Bertz CT molecular complexity index is 682. The van der Waals surface area contributed by atoms with Gasteiger partial charge in [-0.05, 0) is 72.9 Å². The number of hydrogen-bond acceptors (Lipinski definition) is 2. The van der Waals surface area contributed by atoms with Crippen LogP contribution in [-0.2, 0) is 12.8 Å². The van der Waals surface area contributed by atoms with Gasteiger partial charge in [-0.3, -0.25) is 4.98 Å². The van der Waals surface area contributed by atoms with Gasteiger partial charge < -0.3 is 0 Å². The molecule has 140 valence electrons. The van der Waals surface area contributed by atoms with Crippen molar-refractivity contribution in [1.29, 1.82) is 0 Å². The van der Waals surface area contributed by atoms with Crippen LogP contribution in [0.25, 0.3) is 10.6 Å². The first-order valence-corrected chi connectivity index (χ1v) is 11.7. The van der Waals surface area contributed by atoms with Gasteiger partial charge in [0.15, 0.2) is 0 Å². The number of thiophene rings is 1. The molecule has 0 aliphatic heterocycles. The first kappa shape index (κ1) is 18.2. The van der Waals surface area contributed by atoms with Crippen LogP contribution >= 0.6 is 11.3 Å². The average Bonchev–Trinajstić information content (AvgIpc) is 3.23. The quantitative estimate of drug-likeness (QED) is 0.488. The number of nitrogens with zero attached hydrogens (tertiary/aromatic N) is 1. The molecule has 2 heterocycles. The standard InChI is InChI=1S/C24H33NS/c1-2-3-4-6-18-8-10-19(11-9-18)20-12-14-22-21(17-20)13-15-23(25-22)24-7-5-16-26-24/h5,7,13,15-16,18-20H,2-4,6,8-12,14,17H2,1H3. The summed E-state index contributed by atoms with van der Waals surface area (Å²) >= 11 is 1.79. The fourth-order valence-electron chi connectivity index (χ4n) is 5.23. The van der Waals surface area contributed by atoms with Crippen LogP contribution in [0.1, 0.15) is 76.0 Å². The van der Waals surface area contributed by atoms with Crippen molar-refractivity contribution >= 4 is 11.3 Å². The minimum absolute atomic E-state index is 0.911. The van der Waals surface area contributed by atoms with E-state index in [1.807, 2.05) is 0 Å². The Hall–Kier alpha value is -1.15. The molecule has 0 amide bonds. The minimum atomic E-state index is 0.911. The van der Waals surface area contributed by atoms with Crippen LogP contribution in [0.15, 0.2) is 29.6 Å². The van der Waals surface area contributed by atoms with Crippen molar-refractivity contribution in [3.05, 3.63) is 40.9 Å². The molecular formula is C24H33NS. The van der Waals surface area contributed by atoms with Crippen molar-refractivity contribution in [2.24, 2.45) is 17.8 Å². The molecular weight excluding hydrogens is 334 g/mol. The second-order valence-electron chi connectivity index (χ2n) is 8.56. The number of pyridine rings is 1. The van der Waals surface area contributed by atoms with Crippen molar-refractivity contribution < 1.29 is 0 Å². The third kappa shape index (κ3) is 4.22. The third-order valence-electron chi connectivity index (χ3n) is 6.85. The summed E-state index contributed by atoms with van der Waals surface area (Å²) in [7, 11) is 0. The second kappa shape index (κ2) is 8.69. The Balaban J connectivity index is 1.33. The highest BCUT2D eigenvalue weighted by atomic mass is 32.1. The van der Waals surface area contributed by atoms with Crippen molar-refractivity contribution in [3.8, 4) is 10.6 Å². The molecule has 26 heavy (non-hydrogen) atoms. The van der Waals surface area contributed by atoms with Gasteiger partial charge in [-0.25, -0.2) is 0 Å². The van der Waals surface area contributed by atoms with E-state index in [1.165, 1.54) is 92.5 Å². The maximum atomic E-state index is 5.00. The SMILES string of the molecule is CCCCCC1CCC(C2CCc3nc(-c4cccs4)ccc3C2)CC1. The van der Waals surface area contributed by atoms with Gasteiger partial charge in [0.1, 0.15) is 0 Å². The zero-order chi connectivity index (χ0) is 17.8. The highest BCUT2D eigenvalue weighted by Gasteiger charge is 2.30. The fourth-order valence-corrected chi connectivity index (χ4v) is 5.93. The van der Waals surface area contributed by atoms with E-state index < -0.39 is 0 Å². The summed E-state index contributed by atoms with van der Waals surface area (Å²) in [5, 5.41) is 2.14. The van der Waals surface area contributed by atoms with E-state index in [1.54, 1.807) is 11.3 Å². The summed E-state index contributed by atoms with van der Waals surface area (Å²) in [4.78, 5) is 6.30. The molecule has 2 heteroatoms. The molecule has 2 aromatic heterocycles. The first-order valence-electron chi connectivity index (χ1n) is 10.9. The zero-order valence-electron chi connectivity index (χ0n) is 16.3. The summed E-state index contributed by atoms with van der Waals surface area (Å²) < 4.78 is 0. The van der Waals surface area contributed by atoms with Gasteiger partial charge in [0.25, 0.3) is 0 Å². The molecule has 1 saturated carbocycles. The highest BCUT2D eigenvalue weighted by molar-refractivity contribution is 7.13. The molecule has 1 unspecified atom stereocenters. The number of fused-ring (bicyclic) bond motifs is 1. The number of hydrogen-bond donors (Lipinski definition) is 0. The average molecular weight is 368 g/mol. The van der Waals surface area contributed by atoms with E-state index in [2.05, 4.69) is 36.6 Å². The van der Waals surface area contributed by atoms with Gasteiger partial charge in [0.05, 0.1) is 10.6 Å². The molecule has 1 atom stereocenters. The van der Waals surface area contributed by atoms with Crippen LogP contribution in [0.5, 0.6) is 0 Å². The lowest BCUT2D eigenvalue weighted by molar-refractivity contribution is 0.182. The molecule has 1 nitrogen and oxygen atoms in total. The van der Waals surface area contributed by atoms with Crippen molar-refractivity contribution in [2.75, 3.05) is 0 Å². The van der Waals surface area contributed by atoms with Crippen LogP contribution in [0.4, 0.5) is 0 Å². The van der Waals surface area contributed by atoms with E-state index in [-0.39, 0.29) is 0 Å². The van der Waals surface area contributed by atoms with Gasteiger partial charge in [-0.1, -0.05) is 57.6 Å². The van der Waals surface area contributed by atoms with Gasteiger partial charge in [0.2, 0.25) is 0 Å². The largest absolute Gasteiger partial charge is 0.252 e. The first-order chi connectivity index (χ1) is 12.8. The van der Waals surface area contributed by atoms with Crippen LogP contribution in [-0.4, -0.2) is 4.98 Å². The molecule has 4 rings (SSSR count). The van der Waals surface area contributed by atoms with E-state index in [0.29, 0.717) is 0 Å². The lowest BCUT2D eigenvalue weighted by Crippen LogP contribution is -2.27. The van der Waals surface area contributed by atoms with Crippen LogP contribution < -0.4 is 0 Å². The predicted octanol–water partition coefficient (Wildman–Crippen LogP) is 7.30. The van der Waals surface area contributed by atoms with Crippen LogP contribution in [0, 0.1) is 17.8 Å². The van der Waals surface area contributed by atoms with Crippen molar-refractivity contribution in [3.63, 3.8) is 0 Å². The van der Waals surface area contributed by atoms with Crippen LogP contribution in [0.3, 0.4) is 0 Å². The molecule has 0 radical (unpaired) electrons. The van der Waals surface area contributed by atoms with E-state index in [0.717, 1.165) is 17.8 Å². The third-order valence-corrected chi connectivity index (χ3v) is 7.74. The lowest BCUT2D eigenvalue weighted by atomic mass is 9.70. The van der Waals surface area contributed by atoms with E-state index in [9.17, 15) is 0 Å². The number of unbranched alkanes of at least 4 members (excludes halogenated alkanes) is 2. The predicted molar refractivity (Wildman–Crippen MR) is 113 cm³/mol. The molecule has 0 N–H and O–H groups in total. The maximum absolute atomic E-state index is 5.00. The van der Waals surface area contributed by atoms with Gasteiger partial charge in [0, 0.05) is 5.69 Å². The molecule has 2 aromatic rings. The smallest absolute Gasteiger partial charge is 0.0805 e. The Labute approximate surface area is 163 Å². The Morgan fingerprint density at radius 2 is 1.88 bits per heavy atom. The fraction of sp³-hybridized carbons (Fsp3) is 0.625. The molecule has 2 aliphatic carbocycles. The Kier molecular flexibility index (Phi) is 6.09. The van der Waals surface area contributed by atoms with E-state index >= 15 is 0 Å². The highest BCUT2D eigenvalue weighted by Crippen LogP contribution is 2.40. The number of aryl methyl sites for hydroxylation is 1. The van der Waals surface area contributed by atoms with Crippen molar-refractivity contribution in [1.82, 2.24) is 4.98 Å². The number of rotatable bonds is 6. The maximum Gasteiger partial charge on any atom is 0.0805 e. The Morgan fingerprint density at radius 1 is 1.00 bits per heavy atom. The molecule has 2 aliphatic rings. The summed E-state index contributed by atoms with van der Waals surface area (Å²) in [5.41, 5.74) is 4.08. The molecule has 0 bridgehead atoms. The summed E-state index contributed by atoms with van der Waals surface area (Å²) in [6, 6.07) is 8.93. The summed E-state index contributed by atoms with van der Waals surface area (Å²) in [5.74, 6) is 2.92. The van der Waals surface area contributed by atoms with Gasteiger partial charge >= 0.3 is 0 Å². The molecule has 0 aromatic carbocycles. The minimum Gasteiger partial charge on any atom is -0.252 e. The molecule has 0 spiro atoms. The second-order valence-corrected chi connectivity index (χ2v) is 9.51. The topological polar surface area (TPSA) is 12.9 Å². The van der Waals surface area contributed by atoms with Gasteiger partial charge in [-0.15, -0.1) is 11.3 Å². The van der Waals surface area contributed by atoms with Crippen molar-refractivity contribution in [2.45, 2.75) is 77.6 Å². The normalized spacial score (nSPS) is 25.8. The lowest BCUT2D eigenvalue weighted by Gasteiger charge is -2.36. The number of aromatic nitrogens is 1.